The number of hydrogen-bond donors (Lipinski definition) is 1. The van der Waals surface area contributed by atoms with Gasteiger partial charge in [-0.3, -0.25) is 4.90 Å². The Morgan fingerprint density at radius 3 is 2.82 bits per heavy atom. The Bertz CT molecular complexity index is 328. The molecule has 1 aliphatic rings. The van der Waals surface area contributed by atoms with Crippen molar-refractivity contribution in [3.8, 4) is 0 Å². The van der Waals surface area contributed by atoms with Crippen LogP contribution in [0.5, 0.6) is 0 Å². The number of ether oxygens (including phenoxy) is 1. The first-order valence-corrected chi connectivity index (χ1v) is 6.30. The molecule has 1 fully saturated rings. The van der Waals surface area contributed by atoms with E-state index in [9.17, 15) is 0 Å². The summed E-state index contributed by atoms with van der Waals surface area (Å²) >= 11 is 0. The third kappa shape index (κ3) is 3.53. The SMILES string of the molecule is CC1CN(Cc2ccccc2)C(CCO)CO1. The van der Waals surface area contributed by atoms with E-state index in [0.29, 0.717) is 6.04 Å². The fourth-order valence-electron chi connectivity index (χ4n) is 2.34. The largest absolute Gasteiger partial charge is 0.396 e. The molecule has 0 bridgehead atoms. The Hall–Kier alpha value is -0.900. The Morgan fingerprint density at radius 1 is 1.35 bits per heavy atom. The van der Waals surface area contributed by atoms with E-state index in [0.717, 1.165) is 26.1 Å². The fraction of sp³-hybridized carbons (Fsp3) is 0.571. The van der Waals surface area contributed by atoms with E-state index >= 15 is 0 Å². The van der Waals surface area contributed by atoms with Crippen LogP contribution in [0, 0.1) is 0 Å². The highest BCUT2D eigenvalue weighted by Gasteiger charge is 2.26. The van der Waals surface area contributed by atoms with Gasteiger partial charge in [0, 0.05) is 25.7 Å². The molecule has 1 N–H and O–H groups in total. The Morgan fingerprint density at radius 2 is 2.12 bits per heavy atom. The molecule has 1 heterocycles. The second kappa shape index (κ2) is 6.15. The van der Waals surface area contributed by atoms with Crippen LogP contribution in [0.25, 0.3) is 0 Å². The molecular weight excluding hydrogens is 214 g/mol. The van der Waals surface area contributed by atoms with Crippen molar-refractivity contribution in [1.82, 2.24) is 4.90 Å². The minimum absolute atomic E-state index is 0.230. The molecular formula is C14H21NO2. The lowest BCUT2D eigenvalue weighted by Gasteiger charge is -2.38. The van der Waals surface area contributed by atoms with Crippen molar-refractivity contribution in [3.63, 3.8) is 0 Å². The monoisotopic (exact) mass is 235 g/mol. The number of morpholine rings is 1. The standard InChI is InChI=1S/C14H21NO2/c1-12-9-15(14(7-8-16)11-17-12)10-13-5-3-2-4-6-13/h2-6,12,14,16H,7-11H2,1H3. The summed E-state index contributed by atoms with van der Waals surface area (Å²) < 4.78 is 5.66. The maximum Gasteiger partial charge on any atom is 0.0674 e. The number of nitrogens with zero attached hydrogens (tertiary/aromatic N) is 1. The highest BCUT2D eigenvalue weighted by atomic mass is 16.5. The highest BCUT2D eigenvalue weighted by Crippen LogP contribution is 2.17. The normalized spacial score (nSPS) is 26.0. The van der Waals surface area contributed by atoms with Crippen LogP contribution in [0.1, 0.15) is 18.9 Å². The van der Waals surface area contributed by atoms with Gasteiger partial charge in [0.15, 0.2) is 0 Å². The number of rotatable bonds is 4. The van der Waals surface area contributed by atoms with Gasteiger partial charge in [-0.1, -0.05) is 30.3 Å². The maximum atomic E-state index is 9.09. The van der Waals surface area contributed by atoms with Crippen molar-refractivity contribution in [3.05, 3.63) is 35.9 Å². The predicted octanol–water partition coefficient (Wildman–Crippen LogP) is 1.66. The smallest absolute Gasteiger partial charge is 0.0674 e. The van der Waals surface area contributed by atoms with Crippen LogP contribution in [0.2, 0.25) is 0 Å². The van der Waals surface area contributed by atoms with E-state index in [1.165, 1.54) is 5.56 Å². The summed E-state index contributed by atoms with van der Waals surface area (Å²) in [5.74, 6) is 0. The molecule has 2 atom stereocenters. The molecule has 3 nitrogen and oxygen atoms in total. The summed E-state index contributed by atoms with van der Waals surface area (Å²) in [5.41, 5.74) is 1.32. The molecule has 3 heteroatoms. The van der Waals surface area contributed by atoms with Crippen LogP contribution in [0.4, 0.5) is 0 Å². The van der Waals surface area contributed by atoms with Gasteiger partial charge in [0.2, 0.25) is 0 Å². The van der Waals surface area contributed by atoms with Crippen LogP contribution in [-0.2, 0) is 11.3 Å². The summed E-state index contributed by atoms with van der Waals surface area (Å²) in [5, 5.41) is 9.09. The zero-order chi connectivity index (χ0) is 12.1. The minimum atomic E-state index is 0.230. The van der Waals surface area contributed by atoms with Gasteiger partial charge in [-0.25, -0.2) is 0 Å². The van der Waals surface area contributed by atoms with Gasteiger partial charge in [0.25, 0.3) is 0 Å². The quantitative estimate of drug-likeness (QED) is 0.861. The van der Waals surface area contributed by atoms with Crippen molar-refractivity contribution in [1.29, 1.82) is 0 Å². The lowest BCUT2D eigenvalue weighted by atomic mass is 10.1. The summed E-state index contributed by atoms with van der Waals surface area (Å²) in [6.45, 7) is 4.95. The molecule has 0 aromatic heterocycles. The van der Waals surface area contributed by atoms with Gasteiger partial charge in [-0.05, 0) is 18.9 Å². The molecule has 0 aliphatic carbocycles. The molecule has 1 aliphatic heterocycles. The molecule has 0 saturated carbocycles. The van der Waals surface area contributed by atoms with Crippen LogP contribution >= 0.6 is 0 Å². The molecule has 0 radical (unpaired) electrons. The second-order valence-corrected chi connectivity index (χ2v) is 4.73. The lowest BCUT2D eigenvalue weighted by Crippen LogP contribution is -2.48. The first-order chi connectivity index (χ1) is 8.29. The van der Waals surface area contributed by atoms with Gasteiger partial charge in [0.05, 0.1) is 12.7 Å². The van der Waals surface area contributed by atoms with E-state index in [4.69, 9.17) is 9.84 Å². The van der Waals surface area contributed by atoms with Crippen molar-refractivity contribution in [2.24, 2.45) is 0 Å². The van der Waals surface area contributed by atoms with E-state index < -0.39 is 0 Å². The summed E-state index contributed by atoms with van der Waals surface area (Å²) in [7, 11) is 0. The van der Waals surface area contributed by atoms with Gasteiger partial charge >= 0.3 is 0 Å². The van der Waals surface area contributed by atoms with E-state index in [2.05, 4.69) is 36.1 Å². The van der Waals surface area contributed by atoms with Crippen LogP contribution in [-0.4, -0.2) is 41.9 Å². The molecule has 1 aromatic rings. The van der Waals surface area contributed by atoms with Crippen molar-refractivity contribution in [2.75, 3.05) is 19.8 Å². The number of aliphatic hydroxyl groups excluding tert-OH is 1. The number of aliphatic hydroxyl groups is 1. The molecule has 1 aromatic carbocycles. The van der Waals surface area contributed by atoms with Crippen molar-refractivity contribution in [2.45, 2.75) is 32.0 Å². The Labute approximate surface area is 103 Å². The van der Waals surface area contributed by atoms with Gasteiger partial charge in [-0.2, -0.15) is 0 Å². The molecule has 1 saturated heterocycles. The van der Waals surface area contributed by atoms with Crippen LogP contribution < -0.4 is 0 Å². The minimum Gasteiger partial charge on any atom is -0.396 e. The third-order valence-corrected chi connectivity index (χ3v) is 3.27. The maximum absolute atomic E-state index is 9.09. The average Bonchev–Trinajstić information content (AvgIpc) is 2.34. The number of hydrogen-bond acceptors (Lipinski definition) is 3. The lowest BCUT2D eigenvalue weighted by molar-refractivity contribution is -0.0638. The third-order valence-electron chi connectivity index (χ3n) is 3.27. The second-order valence-electron chi connectivity index (χ2n) is 4.73. The molecule has 0 spiro atoms. The Balaban J connectivity index is 1.99. The molecule has 2 rings (SSSR count). The van der Waals surface area contributed by atoms with E-state index in [1.54, 1.807) is 0 Å². The van der Waals surface area contributed by atoms with Gasteiger partial charge < -0.3 is 9.84 Å². The molecule has 0 amide bonds. The first kappa shape index (κ1) is 12.6. The van der Waals surface area contributed by atoms with Gasteiger partial charge in [0.1, 0.15) is 0 Å². The highest BCUT2D eigenvalue weighted by molar-refractivity contribution is 5.14. The Kier molecular flexibility index (Phi) is 4.54. The summed E-state index contributed by atoms with van der Waals surface area (Å²) in [4.78, 5) is 2.42. The van der Waals surface area contributed by atoms with Crippen molar-refractivity contribution < 1.29 is 9.84 Å². The van der Waals surface area contributed by atoms with E-state index in [1.807, 2.05) is 6.07 Å². The predicted molar refractivity (Wildman–Crippen MR) is 67.8 cm³/mol. The first-order valence-electron chi connectivity index (χ1n) is 6.30. The average molecular weight is 235 g/mol. The topological polar surface area (TPSA) is 32.7 Å². The van der Waals surface area contributed by atoms with Crippen molar-refractivity contribution >= 4 is 0 Å². The zero-order valence-electron chi connectivity index (χ0n) is 10.4. The van der Waals surface area contributed by atoms with Crippen LogP contribution in [0.3, 0.4) is 0 Å². The molecule has 2 unspecified atom stereocenters. The summed E-state index contributed by atoms with van der Waals surface area (Å²) in [6, 6.07) is 10.8. The fourth-order valence-corrected chi connectivity index (χ4v) is 2.34. The summed E-state index contributed by atoms with van der Waals surface area (Å²) in [6.07, 6.45) is 1.08. The van der Waals surface area contributed by atoms with Crippen LogP contribution in [0.15, 0.2) is 30.3 Å². The molecule has 94 valence electrons. The van der Waals surface area contributed by atoms with Gasteiger partial charge in [-0.15, -0.1) is 0 Å². The van der Waals surface area contributed by atoms with E-state index in [-0.39, 0.29) is 12.7 Å². The molecule has 17 heavy (non-hydrogen) atoms. The number of benzene rings is 1. The zero-order valence-corrected chi connectivity index (χ0v) is 10.4.